The predicted octanol–water partition coefficient (Wildman–Crippen LogP) is 2.20. The molecule has 3 heterocycles. The quantitative estimate of drug-likeness (QED) is 0.678. The van der Waals surface area contributed by atoms with Crippen LogP contribution in [0, 0.1) is 0 Å². The minimum Gasteiger partial charge on any atom is -0.353 e. The molecular weight excluding hydrogens is 276 g/mol. The average molecular weight is 294 g/mol. The average Bonchev–Trinajstić information content (AvgIpc) is 2.94. The van der Waals surface area contributed by atoms with Crippen LogP contribution in [-0.4, -0.2) is 35.0 Å². The maximum absolute atomic E-state index is 12.6. The minimum absolute atomic E-state index is 0.0935. The number of amides is 1. The number of carbonyl (C=O) groups excluding carboxylic acids is 1. The van der Waals surface area contributed by atoms with Crippen molar-refractivity contribution in [1.82, 2.24) is 20.6 Å². The summed E-state index contributed by atoms with van der Waals surface area (Å²) in [6.07, 6.45) is 3.64. The summed E-state index contributed by atoms with van der Waals surface area (Å²) in [5.74, 6) is -0.0935. The lowest BCUT2D eigenvalue weighted by molar-refractivity contribution is 0.0926. The Morgan fingerprint density at radius 2 is 1.95 bits per heavy atom. The van der Waals surface area contributed by atoms with E-state index in [0.29, 0.717) is 5.69 Å². The van der Waals surface area contributed by atoms with Crippen molar-refractivity contribution in [1.29, 1.82) is 0 Å². The number of nitrogens with zero attached hydrogens (tertiary/aromatic N) is 1. The summed E-state index contributed by atoms with van der Waals surface area (Å²) in [4.78, 5) is 20.2. The number of aromatic nitrogens is 2. The maximum atomic E-state index is 12.6. The Morgan fingerprint density at radius 1 is 1.14 bits per heavy atom. The first kappa shape index (κ1) is 13.3. The molecule has 1 amide bonds. The van der Waals surface area contributed by atoms with Gasteiger partial charge in [0.05, 0.1) is 5.52 Å². The Balaban J connectivity index is 1.73. The fourth-order valence-electron chi connectivity index (χ4n) is 3.17. The second-order valence-corrected chi connectivity index (χ2v) is 5.75. The van der Waals surface area contributed by atoms with Crippen molar-refractivity contribution in [3.05, 3.63) is 42.2 Å². The van der Waals surface area contributed by atoms with Crippen molar-refractivity contribution in [2.24, 2.45) is 0 Å². The zero-order chi connectivity index (χ0) is 14.9. The number of pyridine rings is 1. The summed E-state index contributed by atoms with van der Waals surface area (Å²) in [7, 11) is 0. The molecule has 1 aliphatic heterocycles. The number of aromatic amines is 1. The van der Waals surface area contributed by atoms with Crippen molar-refractivity contribution >= 4 is 27.7 Å². The number of H-pyrrole nitrogens is 1. The van der Waals surface area contributed by atoms with E-state index in [-0.39, 0.29) is 11.9 Å². The molecule has 1 fully saturated rings. The van der Waals surface area contributed by atoms with Crippen LogP contribution in [0.1, 0.15) is 23.3 Å². The van der Waals surface area contributed by atoms with Gasteiger partial charge in [0.2, 0.25) is 0 Å². The molecule has 0 bridgehead atoms. The van der Waals surface area contributed by atoms with Crippen molar-refractivity contribution in [3.8, 4) is 0 Å². The maximum Gasteiger partial charge on any atom is 0.272 e. The number of rotatable bonds is 2. The Bertz CT molecular complexity index is 833. The number of nitrogens with one attached hydrogen (secondary N) is 3. The molecule has 3 aromatic rings. The van der Waals surface area contributed by atoms with E-state index in [4.69, 9.17) is 0 Å². The van der Waals surface area contributed by atoms with E-state index < -0.39 is 0 Å². The first-order chi connectivity index (χ1) is 10.8. The number of para-hydroxylation sites is 1. The third-order valence-electron chi connectivity index (χ3n) is 4.32. The van der Waals surface area contributed by atoms with Crippen LogP contribution in [0.3, 0.4) is 0 Å². The summed E-state index contributed by atoms with van der Waals surface area (Å²) in [5, 5.41) is 8.58. The van der Waals surface area contributed by atoms with Gasteiger partial charge in [-0.3, -0.25) is 4.79 Å². The number of hydrogen-bond donors (Lipinski definition) is 3. The van der Waals surface area contributed by atoms with E-state index in [0.717, 1.165) is 47.7 Å². The minimum atomic E-state index is -0.0935. The fourth-order valence-corrected chi connectivity index (χ4v) is 3.17. The van der Waals surface area contributed by atoms with Gasteiger partial charge in [0, 0.05) is 28.5 Å². The third-order valence-corrected chi connectivity index (χ3v) is 4.32. The molecule has 2 aromatic heterocycles. The predicted molar refractivity (Wildman–Crippen MR) is 87.0 cm³/mol. The van der Waals surface area contributed by atoms with Crippen LogP contribution >= 0.6 is 0 Å². The molecule has 1 aliphatic rings. The molecule has 0 unspecified atom stereocenters. The van der Waals surface area contributed by atoms with E-state index in [2.05, 4.69) is 26.7 Å². The van der Waals surface area contributed by atoms with Gasteiger partial charge in [0.15, 0.2) is 5.69 Å². The van der Waals surface area contributed by atoms with Gasteiger partial charge in [-0.1, -0.05) is 18.2 Å². The summed E-state index contributed by atoms with van der Waals surface area (Å²) >= 11 is 0. The molecule has 0 atom stereocenters. The molecule has 0 radical (unpaired) electrons. The van der Waals surface area contributed by atoms with Crippen LogP contribution in [0.5, 0.6) is 0 Å². The second kappa shape index (κ2) is 5.42. The molecule has 5 heteroatoms. The molecule has 22 heavy (non-hydrogen) atoms. The normalized spacial score (nSPS) is 16.2. The van der Waals surface area contributed by atoms with Crippen LogP contribution in [-0.2, 0) is 0 Å². The number of fused-ring (bicyclic) bond motifs is 3. The SMILES string of the molecule is O=C(NC1CCNCC1)c1nccc2c1[nH]c1ccccc12. The molecule has 0 saturated carbocycles. The number of carbonyl (C=O) groups is 1. The van der Waals surface area contributed by atoms with Crippen LogP contribution in [0.15, 0.2) is 36.5 Å². The Hall–Kier alpha value is -2.40. The molecule has 1 aromatic carbocycles. The van der Waals surface area contributed by atoms with Crippen molar-refractivity contribution in [2.75, 3.05) is 13.1 Å². The molecule has 0 spiro atoms. The van der Waals surface area contributed by atoms with Crippen LogP contribution < -0.4 is 10.6 Å². The first-order valence-electron chi connectivity index (χ1n) is 7.70. The summed E-state index contributed by atoms with van der Waals surface area (Å²) in [6, 6.07) is 10.3. The molecule has 0 aliphatic carbocycles. The second-order valence-electron chi connectivity index (χ2n) is 5.75. The van der Waals surface area contributed by atoms with Crippen molar-refractivity contribution in [2.45, 2.75) is 18.9 Å². The van der Waals surface area contributed by atoms with Crippen molar-refractivity contribution < 1.29 is 4.79 Å². The largest absolute Gasteiger partial charge is 0.353 e. The zero-order valence-corrected chi connectivity index (χ0v) is 12.2. The Labute approximate surface area is 128 Å². The van der Waals surface area contributed by atoms with E-state index in [9.17, 15) is 4.79 Å². The van der Waals surface area contributed by atoms with Gasteiger partial charge in [0.25, 0.3) is 5.91 Å². The number of piperidine rings is 1. The zero-order valence-electron chi connectivity index (χ0n) is 12.2. The number of benzene rings is 1. The van der Waals surface area contributed by atoms with Crippen LogP contribution in [0.2, 0.25) is 0 Å². The van der Waals surface area contributed by atoms with E-state index in [1.54, 1.807) is 6.20 Å². The highest BCUT2D eigenvalue weighted by Gasteiger charge is 2.20. The number of hydrogen-bond acceptors (Lipinski definition) is 3. The molecule has 4 rings (SSSR count). The van der Waals surface area contributed by atoms with Crippen LogP contribution in [0.25, 0.3) is 21.8 Å². The van der Waals surface area contributed by atoms with Gasteiger partial charge >= 0.3 is 0 Å². The lowest BCUT2D eigenvalue weighted by Crippen LogP contribution is -2.43. The van der Waals surface area contributed by atoms with Gasteiger partial charge in [-0.05, 0) is 38.1 Å². The topological polar surface area (TPSA) is 69.8 Å². The highest BCUT2D eigenvalue weighted by Crippen LogP contribution is 2.26. The van der Waals surface area contributed by atoms with Gasteiger partial charge < -0.3 is 15.6 Å². The molecule has 1 saturated heterocycles. The third kappa shape index (κ3) is 2.23. The standard InChI is InChI=1S/C17H18N4O/c22-17(20-11-5-8-18-9-6-11)16-15-13(7-10-19-16)12-3-1-2-4-14(12)21-15/h1-4,7,10-11,18,21H,5-6,8-9H2,(H,20,22). The Morgan fingerprint density at radius 3 is 2.82 bits per heavy atom. The van der Waals surface area contributed by atoms with Gasteiger partial charge in [0.1, 0.15) is 0 Å². The first-order valence-corrected chi connectivity index (χ1v) is 7.70. The molecule has 3 N–H and O–H groups in total. The van der Waals surface area contributed by atoms with E-state index in [1.807, 2.05) is 24.3 Å². The molecular formula is C17H18N4O. The summed E-state index contributed by atoms with van der Waals surface area (Å²) in [5.41, 5.74) is 2.32. The molecule has 5 nitrogen and oxygen atoms in total. The fraction of sp³-hybridized carbons (Fsp3) is 0.294. The monoisotopic (exact) mass is 294 g/mol. The highest BCUT2D eigenvalue weighted by atomic mass is 16.1. The molecule has 112 valence electrons. The highest BCUT2D eigenvalue weighted by molar-refractivity contribution is 6.13. The lowest BCUT2D eigenvalue weighted by atomic mass is 10.1. The van der Waals surface area contributed by atoms with Crippen LogP contribution in [0.4, 0.5) is 0 Å². The van der Waals surface area contributed by atoms with Gasteiger partial charge in [-0.25, -0.2) is 4.98 Å². The van der Waals surface area contributed by atoms with Gasteiger partial charge in [-0.2, -0.15) is 0 Å². The smallest absolute Gasteiger partial charge is 0.272 e. The lowest BCUT2D eigenvalue weighted by Gasteiger charge is -2.23. The summed E-state index contributed by atoms with van der Waals surface area (Å²) in [6.45, 7) is 1.91. The summed E-state index contributed by atoms with van der Waals surface area (Å²) < 4.78 is 0. The Kier molecular flexibility index (Phi) is 3.27. The van der Waals surface area contributed by atoms with E-state index >= 15 is 0 Å². The van der Waals surface area contributed by atoms with Crippen molar-refractivity contribution in [3.63, 3.8) is 0 Å². The van der Waals surface area contributed by atoms with Gasteiger partial charge in [-0.15, -0.1) is 0 Å². The van der Waals surface area contributed by atoms with E-state index in [1.165, 1.54) is 0 Å².